The number of aromatic nitrogens is 1. The molecule has 150 valence electrons. The molecule has 1 fully saturated rings. The van der Waals surface area contributed by atoms with Crippen molar-refractivity contribution >= 4 is 5.82 Å². The summed E-state index contributed by atoms with van der Waals surface area (Å²) in [6.07, 6.45) is 2.99. The van der Waals surface area contributed by atoms with Crippen molar-refractivity contribution < 1.29 is 4.74 Å². The van der Waals surface area contributed by atoms with Crippen molar-refractivity contribution in [2.24, 2.45) is 0 Å². The molecule has 5 nitrogen and oxygen atoms in total. The monoisotopic (exact) mass is 380 g/mol. The molecule has 2 aromatic rings. The molecule has 3 heterocycles. The van der Waals surface area contributed by atoms with Crippen LogP contribution in [0.3, 0.4) is 0 Å². The Bertz CT molecular complexity index is 795. The molecule has 5 heteroatoms. The standard InChI is InChI=1S/C23H32N4O/c1-4-26-9-11-27(12-10-26)22-8-6-19(17-25-22)16-24-15-18-5-7-21-20(13-18)14-23(2,3)28-21/h5-8,13,17,24H,4,9-12,14-16H2,1-3H3. The van der Waals surface area contributed by atoms with E-state index in [-0.39, 0.29) is 5.60 Å². The number of rotatable bonds is 6. The van der Waals surface area contributed by atoms with Crippen LogP contribution in [-0.2, 0) is 19.5 Å². The second kappa shape index (κ2) is 8.10. The van der Waals surface area contributed by atoms with Crippen molar-refractivity contribution in [1.82, 2.24) is 15.2 Å². The van der Waals surface area contributed by atoms with Gasteiger partial charge < -0.3 is 19.9 Å². The third kappa shape index (κ3) is 4.47. The van der Waals surface area contributed by atoms with Crippen LogP contribution < -0.4 is 15.0 Å². The first-order valence-corrected chi connectivity index (χ1v) is 10.5. The predicted octanol–water partition coefficient (Wildman–Crippen LogP) is 3.23. The van der Waals surface area contributed by atoms with Crippen LogP contribution in [0.15, 0.2) is 36.5 Å². The van der Waals surface area contributed by atoms with Gasteiger partial charge in [-0.25, -0.2) is 4.98 Å². The third-order valence-electron chi connectivity index (χ3n) is 5.74. The molecule has 0 spiro atoms. The molecule has 4 rings (SSSR count). The van der Waals surface area contributed by atoms with E-state index in [2.05, 4.69) is 66.2 Å². The molecule has 28 heavy (non-hydrogen) atoms. The fourth-order valence-corrected chi connectivity index (χ4v) is 4.13. The van der Waals surface area contributed by atoms with Gasteiger partial charge in [0.15, 0.2) is 0 Å². The number of ether oxygens (including phenoxy) is 1. The predicted molar refractivity (Wildman–Crippen MR) is 114 cm³/mol. The number of nitrogens with zero attached hydrogens (tertiary/aromatic N) is 3. The topological polar surface area (TPSA) is 40.6 Å². The third-order valence-corrected chi connectivity index (χ3v) is 5.74. The molecular formula is C23H32N4O. The smallest absolute Gasteiger partial charge is 0.128 e. The van der Waals surface area contributed by atoms with Gasteiger partial charge in [0.1, 0.15) is 17.2 Å². The number of likely N-dealkylation sites (N-methyl/N-ethyl adjacent to an activating group) is 1. The van der Waals surface area contributed by atoms with Gasteiger partial charge in [-0.2, -0.15) is 0 Å². The lowest BCUT2D eigenvalue weighted by molar-refractivity contribution is 0.138. The minimum Gasteiger partial charge on any atom is -0.487 e. The number of anilines is 1. The number of pyridine rings is 1. The molecule has 0 amide bonds. The minimum atomic E-state index is -0.0784. The summed E-state index contributed by atoms with van der Waals surface area (Å²) in [6, 6.07) is 10.9. The van der Waals surface area contributed by atoms with Crippen LogP contribution in [-0.4, -0.2) is 48.2 Å². The highest BCUT2D eigenvalue weighted by Crippen LogP contribution is 2.35. The molecule has 0 atom stereocenters. The van der Waals surface area contributed by atoms with Gasteiger partial charge in [0, 0.05) is 51.9 Å². The zero-order valence-electron chi connectivity index (χ0n) is 17.4. The second-order valence-electron chi connectivity index (χ2n) is 8.53. The molecule has 1 aromatic heterocycles. The highest BCUT2D eigenvalue weighted by Gasteiger charge is 2.29. The summed E-state index contributed by atoms with van der Waals surface area (Å²) in [5.41, 5.74) is 3.77. The number of benzene rings is 1. The average Bonchev–Trinajstić information content (AvgIpc) is 3.02. The lowest BCUT2D eigenvalue weighted by atomic mass is 10.0. The SMILES string of the molecule is CCN1CCN(c2ccc(CNCc3ccc4c(c3)CC(C)(C)O4)cn2)CC1. The Labute approximate surface area is 168 Å². The van der Waals surface area contributed by atoms with Crippen LogP contribution >= 0.6 is 0 Å². The van der Waals surface area contributed by atoms with E-state index in [9.17, 15) is 0 Å². The van der Waals surface area contributed by atoms with Gasteiger partial charge in [0.25, 0.3) is 0 Å². The van der Waals surface area contributed by atoms with Crippen molar-refractivity contribution in [1.29, 1.82) is 0 Å². The number of nitrogens with one attached hydrogen (secondary N) is 1. The number of fused-ring (bicyclic) bond motifs is 1. The highest BCUT2D eigenvalue weighted by molar-refractivity contribution is 5.42. The maximum absolute atomic E-state index is 5.96. The summed E-state index contributed by atoms with van der Waals surface area (Å²) in [5, 5.41) is 3.54. The van der Waals surface area contributed by atoms with Crippen molar-refractivity contribution in [2.75, 3.05) is 37.6 Å². The van der Waals surface area contributed by atoms with Crippen LogP contribution in [0.5, 0.6) is 5.75 Å². The maximum atomic E-state index is 5.96. The first-order valence-electron chi connectivity index (χ1n) is 10.5. The van der Waals surface area contributed by atoms with Crippen LogP contribution in [0, 0.1) is 0 Å². The van der Waals surface area contributed by atoms with Gasteiger partial charge in [-0.15, -0.1) is 0 Å². The Kier molecular flexibility index (Phi) is 5.56. The summed E-state index contributed by atoms with van der Waals surface area (Å²) in [5.74, 6) is 2.13. The Morgan fingerprint density at radius 1 is 1.04 bits per heavy atom. The average molecular weight is 381 g/mol. The first-order chi connectivity index (χ1) is 13.5. The van der Waals surface area contributed by atoms with Crippen LogP contribution in [0.1, 0.15) is 37.5 Å². The number of hydrogen-bond acceptors (Lipinski definition) is 5. The van der Waals surface area contributed by atoms with Gasteiger partial charge in [0.2, 0.25) is 0 Å². The number of hydrogen-bond donors (Lipinski definition) is 1. The zero-order chi connectivity index (χ0) is 19.6. The van der Waals surface area contributed by atoms with E-state index < -0.39 is 0 Å². The fraction of sp³-hybridized carbons (Fsp3) is 0.522. The van der Waals surface area contributed by atoms with Crippen molar-refractivity contribution in [3.63, 3.8) is 0 Å². The van der Waals surface area contributed by atoms with Crippen LogP contribution in [0.2, 0.25) is 0 Å². The minimum absolute atomic E-state index is 0.0784. The summed E-state index contributed by atoms with van der Waals surface area (Å²) in [4.78, 5) is 9.57. The van der Waals surface area contributed by atoms with Crippen molar-refractivity contribution in [3.05, 3.63) is 53.2 Å². The molecule has 2 aliphatic rings. The summed E-state index contributed by atoms with van der Waals surface area (Å²) in [6.45, 7) is 13.7. The Hall–Kier alpha value is -2.11. The zero-order valence-corrected chi connectivity index (χ0v) is 17.4. The van der Waals surface area contributed by atoms with Crippen molar-refractivity contribution in [3.8, 4) is 5.75 Å². The Balaban J connectivity index is 1.27. The number of piperazine rings is 1. The first kappa shape index (κ1) is 19.2. The van der Waals surface area contributed by atoms with Gasteiger partial charge in [-0.1, -0.05) is 25.1 Å². The molecule has 1 N–H and O–H groups in total. The van der Waals surface area contributed by atoms with Gasteiger partial charge in [-0.05, 0) is 49.2 Å². The normalized spacial score (nSPS) is 18.8. The summed E-state index contributed by atoms with van der Waals surface area (Å²) < 4.78 is 5.96. The maximum Gasteiger partial charge on any atom is 0.128 e. The second-order valence-corrected chi connectivity index (χ2v) is 8.53. The summed E-state index contributed by atoms with van der Waals surface area (Å²) >= 11 is 0. The van der Waals surface area contributed by atoms with Gasteiger partial charge >= 0.3 is 0 Å². The van der Waals surface area contributed by atoms with E-state index in [1.807, 2.05) is 6.20 Å². The molecule has 0 aliphatic carbocycles. The lowest BCUT2D eigenvalue weighted by Gasteiger charge is -2.34. The molecule has 2 aliphatic heterocycles. The Morgan fingerprint density at radius 2 is 1.79 bits per heavy atom. The van der Waals surface area contributed by atoms with E-state index in [0.717, 1.165) is 63.8 Å². The molecule has 1 saturated heterocycles. The molecule has 1 aromatic carbocycles. The molecule has 0 bridgehead atoms. The lowest BCUT2D eigenvalue weighted by Crippen LogP contribution is -2.46. The quantitative estimate of drug-likeness (QED) is 0.833. The largest absolute Gasteiger partial charge is 0.487 e. The van der Waals surface area contributed by atoms with E-state index in [4.69, 9.17) is 9.72 Å². The van der Waals surface area contributed by atoms with Crippen LogP contribution in [0.25, 0.3) is 0 Å². The van der Waals surface area contributed by atoms with Gasteiger partial charge in [-0.3, -0.25) is 0 Å². The molecular weight excluding hydrogens is 348 g/mol. The fourth-order valence-electron chi connectivity index (χ4n) is 4.13. The van der Waals surface area contributed by atoms with E-state index in [1.165, 1.54) is 16.7 Å². The molecule has 0 radical (unpaired) electrons. The van der Waals surface area contributed by atoms with E-state index in [1.54, 1.807) is 0 Å². The molecule has 0 saturated carbocycles. The van der Waals surface area contributed by atoms with Gasteiger partial charge in [0.05, 0.1) is 0 Å². The van der Waals surface area contributed by atoms with E-state index >= 15 is 0 Å². The Morgan fingerprint density at radius 3 is 2.50 bits per heavy atom. The van der Waals surface area contributed by atoms with Crippen LogP contribution in [0.4, 0.5) is 5.82 Å². The van der Waals surface area contributed by atoms with E-state index in [0.29, 0.717) is 0 Å². The van der Waals surface area contributed by atoms with Crippen molar-refractivity contribution in [2.45, 2.75) is 45.9 Å². The summed E-state index contributed by atoms with van der Waals surface area (Å²) in [7, 11) is 0. The molecule has 0 unspecified atom stereocenters. The highest BCUT2D eigenvalue weighted by atomic mass is 16.5.